The van der Waals surface area contributed by atoms with Crippen LogP contribution in [0.2, 0.25) is 0 Å². The van der Waals surface area contributed by atoms with E-state index in [2.05, 4.69) is 4.98 Å². The second-order valence-electron chi connectivity index (χ2n) is 4.20. The number of aromatic nitrogens is 2. The van der Waals surface area contributed by atoms with Crippen molar-refractivity contribution in [2.45, 2.75) is 0 Å². The average Bonchev–Trinajstić information content (AvgIpc) is 3.00. The SMILES string of the molecule is COc1cc(-c2cnc3cc(N)ccn23)sc1C(N)=O. The Labute approximate surface area is 118 Å². The lowest BCUT2D eigenvalue weighted by atomic mass is 10.3. The number of methoxy groups -OCH3 is 1. The van der Waals surface area contributed by atoms with E-state index in [-0.39, 0.29) is 0 Å². The van der Waals surface area contributed by atoms with Crippen LogP contribution in [-0.2, 0) is 0 Å². The van der Waals surface area contributed by atoms with Gasteiger partial charge in [0.15, 0.2) is 0 Å². The molecular formula is C13H12N4O2S. The van der Waals surface area contributed by atoms with Gasteiger partial charge in [-0.15, -0.1) is 11.3 Å². The van der Waals surface area contributed by atoms with Crippen LogP contribution in [-0.4, -0.2) is 22.4 Å². The van der Waals surface area contributed by atoms with Crippen molar-refractivity contribution >= 4 is 28.6 Å². The number of nitrogens with two attached hydrogens (primary N) is 2. The Balaban J connectivity index is 2.18. The Kier molecular flexibility index (Phi) is 2.83. The number of rotatable bonds is 3. The molecule has 3 aromatic rings. The summed E-state index contributed by atoms with van der Waals surface area (Å²) in [5.74, 6) is -0.0286. The largest absolute Gasteiger partial charge is 0.495 e. The third kappa shape index (κ3) is 1.88. The lowest BCUT2D eigenvalue weighted by Crippen LogP contribution is -2.09. The molecule has 3 aromatic heterocycles. The quantitative estimate of drug-likeness (QED) is 0.767. The third-order valence-electron chi connectivity index (χ3n) is 2.93. The molecule has 0 fully saturated rings. The summed E-state index contributed by atoms with van der Waals surface area (Å²) in [4.78, 5) is 16.9. The number of thiophene rings is 1. The minimum Gasteiger partial charge on any atom is -0.495 e. The molecule has 0 aromatic carbocycles. The molecule has 0 radical (unpaired) electrons. The number of nitrogens with zero attached hydrogens (tertiary/aromatic N) is 2. The molecule has 3 rings (SSSR count). The lowest BCUT2D eigenvalue weighted by molar-refractivity contribution is 0.100. The van der Waals surface area contributed by atoms with Crippen molar-refractivity contribution in [1.29, 1.82) is 0 Å². The van der Waals surface area contributed by atoms with E-state index in [4.69, 9.17) is 16.2 Å². The topological polar surface area (TPSA) is 95.6 Å². The summed E-state index contributed by atoms with van der Waals surface area (Å²) in [6.45, 7) is 0. The average molecular weight is 288 g/mol. The molecule has 0 saturated carbocycles. The molecule has 6 nitrogen and oxygen atoms in total. The Morgan fingerprint density at radius 2 is 2.25 bits per heavy atom. The number of hydrogen-bond acceptors (Lipinski definition) is 5. The van der Waals surface area contributed by atoms with Crippen LogP contribution in [0.15, 0.2) is 30.6 Å². The van der Waals surface area contributed by atoms with Crippen molar-refractivity contribution in [3.05, 3.63) is 35.5 Å². The predicted octanol–water partition coefficient (Wildman–Crippen LogP) is 1.75. The van der Waals surface area contributed by atoms with Crippen LogP contribution < -0.4 is 16.2 Å². The van der Waals surface area contributed by atoms with E-state index in [1.54, 1.807) is 24.4 Å². The summed E-state index contributed by atoms with van der Waals surface area (Å²) in [6, 6.07) is 5.35. The molecule has 0 atom stereocenters. The van der Waals surface area contributed by atoms with Crippen LogP contribution in [0, 0.1) is 0 Å². The van der Waals surface area contributed by atoms with Crippen molar-refractivity contribution in [1.82, 2.24) is 9.38 Å². The maximum absolute atomic E-state index is 11.4. The summed E-state index contributed by atoms with van der Waals surface area (Å²) in [6.07, 6.45) is 3.56. The summed E-state index contributed by atoms with van der Waals surface area (Å²) in [7, 11) is 1.51. The fourth-order valence-electron chi connectivity index (χ4n) is 2.00. The molecule has 7 heteroatoms. The molecule has 20 heavy (non-hydrogen) atoms. The van der Waals surface area contributed by atoms with Crippen LogP contribution >= 0.6 is 11.3 Å². The van der Waals surface area contributed by atoms with Gasteiger partial charge >= 0.3 is 0 Å². The van der Waals surface area contributed by atoms with Crippen molar-refractivity contribution in [2.24, 2.45) is 5.73 Å². The van der Waals surface area contributed by atoms with Gasteiger partial charge in [-0.2, -0.15) is 0 Å². The zero-order chi connectivity index (χ0) is 14.3. The molecule has 0 unspecified atom stereocenters. The van der Waals surface area contributed by atoms with E-state index in [0.717, 1.165) is 16.2 Å². The molecule has 0 aliphatic carbocycles. The van der Waals surface area contributed by atoms with Gasteiger partial charge in [0.1, 0.15) is 16.3 Å². The first-order valence-electron chi connectivity index (χ1n) is 5.80. The molecule has 3 heterocycles. The first-order chi connectivity index (χ1) is 9.60. The molecule has 0 aliphatic heterocycles. The summed E-state index contributed by atoms with van der Waals surface area (Å²) in [5, 5.41) is 0. The Hall–Kier alpha value is -2.54. The third-order valence-corrected chi connectivity index (χ3v) is 4.08. The molecule has 1 amide bonds. The van der Waals surface area contributed by atoms with E-state index in [1.165, 1.54) is 18.4 Å². The van der Waals surface area contributed by atoms with Crippen molar-refractivity contribution in [2.75, 3.05) is 12.8 Å². The smallest absolute Gasteiger partial charge is 0.262 e. The highest BCUT2D eigenvalue weighted by Crippen LogP contribution is 2.36. The Morgan fingerprint density at radius 1 is 1.45 bits per heavy atom. The first kappa shape index (κ1) is 12.5. The number of carbonyl (C=O) groups excluding carboxylic acids is 1. The maximum Gasteiger partial charge on any atom is 0.262 e. The minimum absolute atomic E-state index is 0.396. The van der Waals surface area contributed by atoms with E-state index in [9.17, 15) is 4.79 Å². The van der Waals surface area contributed by atoms with E-state index in [0.29, 0.717) is 16.3 Å². The number of pyridine rings is 1. The number of fused-ring (bicyclic) bond motifs is 1. The highest BCUT2D eigenvalue weighted by Gasteiger charge is 2.17. The highest BCUT2D eigenvalue weighted by molar-refractivity contribution is 7.17. The summed E-state index contributed by atoms with van der Waals surface area (Å²) < 4.78 is 7.07. The van der Waals surface area contributed by atoms with Gasteiger partial charge in [0.25, 0.3) is 5.91 Å². The lowest BCUT2D eigenvalue weighted by Gasteiger charge is -1.99. The number of carbonyl (C=O) groups is 1. The van der Waals surface area contributed by atoms with Crippen LogP contribution in [0.5, 0.6) is 5.75 Å². The van der Waals surface area contributed by atoms with Gasteiger partial charge in [-0.1, -0.05) is 0 Å². The molecule has 102 valence electrons. The number of primary amides is 1. The minimum atomic E-state index is -0.504. The zero-order valence-corrected chi connectivity index (χ0v) is 11.5. The molecule has 4 N–H and O–H groups in total. The van der Waals surface area contributed by atoms with Crippen molar-refractivity contribution < 1.29 is 9.53 Å². The first-order valence-corrected chi connectivity index (χ1v) is 6.62. The second-order valence-corrected chi connectivity index (χ2v) is 5.26. The monoisotopic (exact) mass is 288 g/mol. The van der Waals surface area contributed by atoms with E-state index in [1.807, 2.05) is 10.6 Å². The number of amides is 1. The zero-order valence-electron chi connectivity index (χ0n) is 10.7. The van der Waals surface area contributed by atoms with E-state index >= 15 is 0 Å². The van der Waals surface area contributed by atoms with Crippen molar-refractivity contribution in [3.8, 4) is 16.3 Å². The van der Waals surface area contributed by atoms with Crippen molar-refractivity contribution in [3.63, 3.8) is 0 Å². The number of ether oxygens (including phenoxy) is 1. The molecule has 0 saturated heterocycles. The summed E-state index contributed by atoms with van der Waals surface area (Å²) in [5.41, 5.74) is 13.3. The molecule has 0 bridgehead atoms. The number of imidazole rings is 1. The van der Waals surface area contributed by atoms with Gasteiger partial charge < -0.3 is 16.2 Å². The van der Waals surface area contributed by atoms with Gasteiger partial charge in [0.2, 0.25) is 0 Å². The van der Waals surface area contributed by atoms with Gasteiger partial charge in [-0.05, 0) is 6.07 Å². The number of anilines is 1. The van der Waals surface area contributed by atoms with Crippen LogP contribution in [0.4, 0.5) is 5.69 Å². The predicted molar refractivity (Wildman–Crippen MR) is 78.0 cm³/mol. The normalized spacial score (nSPS) is 10.8. The number of nitrogen functional groups attached to an aromatic ring is 1. The number of hydrogen-bond donors (Lipinski definition) is 2. The fourth-order valence-corrected chi connectivity index (χ4v) is 2.99. The second kappa shape index (κ2) is 4.53. The van der Waals surface area contributed by atoms with Gasteiger partial charge in [-0.25, -0.2) is 4.98 Å². The van der Waals surface area contributed by atoms with Crippen LogP contribution in [0.25, 0.3) is 16.2 Å². The molecule has 0 spiro atoms. The van der Waals surface area contributed by atoms with Gasteiger partial charge in [0.05, 0.1) is 23.9 Å². The standard InChI is InChI=1S/C13H12N4O2S/c1-19-9-5-10(20-12(9)13(15)18)8-6-16-11-4-7(14)2-3-17(8)11/h2-6H,14H2,1H3,(H2,15,18). The van der Waals surface area contributed by atoms with E-state index < -0.39 is 5.91 Å². The Bertz CT molecular complexity index is 806. The highest BCUT2D eigenvalue weighted by atomic mass is 32.1. The van der Waals surface area contributed by atoms with Crippen LogP contribution in [0.3, 0.4) is 0 Å². The fraction of sp³-hybridized carbons (Fsp3) is 0.0769. The van der Waals surface area contributed by atoms with Crippen LogP contribution in [0.1, 0.15) is 9.67 Å². The van der Waals surface area contributed by atoms with Gasteiger partial charge in [-0.3, -0.25) is 9.20 Å². The molecular weight excluding hydrogens is 276 g/mol. The van der Waals surface area contributed by atoms with Gasteiger partial charge in [0, 0.05) is 24.0 Å². The summed E-state index contributed by atoms with van der Waals surface area (Å²) >= 11 is 1.28. The Morgan fingerprint density at radius 3 is 2.90 bits per heavy atom. The maximum atomic E-state index is 11.4. The molecule has 0 aliphatic rings.